The Kier molecular flexibility index (Phi) is 7.69. The van der Waals surface area contributed by atoms with Crippen LogP contribution in [0.3, 0.4) is 0 Å². The molecule has 0 fully saturated rings. The molecule has 0 aliphatic rings. The van der Waals surface area contributed by atoms with Gasteiger partial charge >= 0.3 is 0 Å². The molecule has 0 aromatic heterocycles. The third-order valence-electron chi connectivity index (χ3n) is 3.51. The van der Waals surface area contributed by atoms with Crippen LogP contribution >= 0.6 is 11.8 Å². The summed E-state index contributed by atoms with van der Waals surface area (Å²) in [4.78, 5) is 24.9. The molecule has 0 spiro atoms. The van der Waals surface area contributed by atoms with E-state index in [-0.39, 0.29) is 23.7 Å². The summed E-state index contributed by atoms with van der Waals surface area (Å²) in [5, 5.41) is 0. The number of ether oxygens (including phenoxy) is 1. The smallest absolute Gasteiger partial charge is 0.269 e. The second kappa shape index (κ2) is 9.99. The summed E-state index contributed by atoms with van der Waals surface area (Å²) in [5.41, 5.74) is 7.51. The molecule has 0 heterocycles. The van der Waals surface area contributed by atoms with Crippen LogP contribution in [0.15, 0.2) is 53.4 Å². The molecule has 0 saturated heterocycles. The van der Waals surface area contributed by atoms with Gasteiger partial charge in [0.25, 0.3) is 5.91 Å². The lowest BCUT2D eigenvalue weighted by Crippen LogP contribution is -2.42. The molecule has 26 heavy (non-hydrogen) atoms. The maximum Gasteiger partial charge on any atom is 0.269 e. The van der Waals surface area contributed by atoms with Crippen LogP contribution in [0, 0.1) is 6.92 Å². The maximum absolute atomic E-state index is 12.1. The van der Waals surface area contributed by atoms with Gasteiger partial charge in [0, 0.05) is 10.5 Å². The Labute approximate surface area is 158 Å². The number of thioether (sulfide) groups is 1. The Balaban J connectivity index is 1.74. The summed E-state index contributed by atoms with van der Waals surface area (Å²) >= 11 is 1.42. The van der Waals surface area contributed by atoms with Gasteiger partial charge in [0.2, 0.25) is 5.91 Å². The lowest BCUT2D eigenvalue weighted by Gasteiger charge is -2.09. The van der Waals surface area contributed by atoms with Gasteiger partial charge in [-0.25, -0.2) is 0 Å². The van der Waals surface area contributed by atoms with E-state index >= 15 is 0 Å². The molecule has 2 rings (SSSR count). The van der Waals surface area contributed by atoms with Crippen LogP contribution in [0.25, 0.3) is 0 Å². The average molecular weight is 372 g/mol. The Bertz CT molecular complexity index is 728. The quantitative estimate of drug-likeness (QED) is 0.577. The first-order chi connectivity index (χ1) is 12.4. The molecule has 0 atom stereocenters. The molecule has 0 aliphatic carbocycles. The molecular weight excluding hydrogens is 348 g/mol. The largest absolute Gasteiger partial charge is 0.374 e. The number of amides is 2. The van der Waals surface area contributed by atoms with Crippen molar-refractivity contribution in [3.63, 3.8) is 0 Å². The molecular formula is C20H24N2O3S. The van der Waals surface area contributed by atoms with E-state index < -0.39 is 0 Å². The minimum absolute atomic E-state index is 0.158. The zero-order valence-corrected chi connectivity index (χ0v) is 16.1. The molecule has 0 aliphatic heterocycles. The van der Waals surface area contributed by atoms with Crippen molar-refractivity contribution < 1.29 is 14.3 Å². The van der Waals surface area contributed by atoms with Crippen molar-refractivity contribution in [3.8, 4) is 0 Å². The van der Waals surface area contributed by atoms with Crippen LogP contribution in [0.1, 0.15) is 35.3 Å². The third kappa shape index (κ3) is 6.90. The Morgan fingerprint density at radius 3 is 2.27 bits per heavy atom. The Morgan fingerprint density at radius 2 is 1.65 bits per heavy atom. The highest BCUT2D eigenvalue weighted by molar-refractivity contribution is 8.00. The molecule has 0 radical (unpaired) electrons. The number of benzene rings is 2. The van der Waals surface area contributed by atoms with Crippen LogP contribution < -0.4 is 10.9 Å². The maximum atomic E-state index is 12.1. The van der Waals surface area contributed by atoms with E-state index in [2.05, 4.69) is 10.9 Å². The first kappa shape index (κ1) is 20.0. The summed E-state index contributed by atoms with van der Waals surface area (Å²) in [5.74, 6) is -0.379. The number of aryl methyl sites for hydroxylation is 1. The number of hydrogen-bond donors (Lipinski definition) is 2. The van der Waals surface area contributed by atoms with E-state index in [0.717, 1.165) is 10.5 Å². The summed E-state index contributed by atoms with van der Waals surface area (Å²) in [6.45, 7) is 6.47. The molecule has 138 valence electrons. The Morgan fingerprint density at radius 1 is 1.00 bits per heavy atom. The Hall–Kier alpha value is -2.31. The molecule has 2 aromatic carbocycles. The van der Waals surface area contributed by atoms with E-state index in [1.807, 2.05) is 57.2 Å². The van der Waals surface area contributed by atoms with Crippen LogP contribution in [0.2, 0.25) is 0 Å². The molecule has 0 saturated carbocycles. The number of hydrogen-bond acceptors (Lipinski definition) is 4. The van der Waals surface area contributed by atoms with E-state index in [4.69, 9.17) is 4.74 Å². The standard InChI is InChI=1S/C20H24N2O3S/c1-14(2)25-12-16-6-8-17(9-7-16)20(24)22-21-19(23)13-26-18-10-4-15(3)5-11-18/h4-11,14H,12-13H2,1-3H3,(H,21,23)(H,22,24). The van der Waals surface area contributed by atoms with Gasteiger partial charge in [-0.05, 0) is 50.6 Å². The summed E-state index contributed by atoms with van der Waals surface area (Å²) in [6.07, 6.45) is 0.158. The number of carbonyl (C=O) groups is 2. The summed E-state index contributed by atoms with van der Waals surface area (Å²) < 4.78 is 5.52. The van der Waals surface area contributed by atoms with Crippen molar-refractivity contribution in [1.29, 1.82) is 0 Å². The van der Waals surface area contributed by atoms with Gasteiger partial charge < -0.3 is 4.74 Å². The lowest BCUT2D eigenvalue weighted by molar-refractivity contribution is -0.119. The van der Waals surface area contributed by atoms with E-state index in [1.165, 1.54) is 17.3 Å². The van der Waals surface area contributed by atoms with Crippen molar-refractivity contribution in [2.24, 2.45) is 0 Å². The van der Waals surface area contributed by atoms with Gasteiger partial charge in [0.15, 0.2) is 0 Å². The fraction of sp³-hybridized carbons (Fsp3) is 0.300. The predicted octanol–water partition coefficient (Wildman–Crippen LogP) is 3.47. The molecule has 2 amide bonds. The molecule has 0 unspecified atom stereocenters. The predicted molar refractivity (Wildman–Crippen MR) is 104 cm³/mol. The number of rotatable bonds is 7. The molecule has 2 N–H and O–H groups in total. The van der Waals surface area contributed by atoms with Gasteiger partial charge in [-0.2, -0.15) is 0 Å². The van der Waals surface area contributed by atoms with Gasteiger partial charge in [-0.15, -0.1) is 11.8 Å². The van der Waals surface area contributed by atoms with Crippen LogP contribution in [0.4, 0.5) is 0 Å². The highest BCUT2D eigenvalue weighted by Gasteiger charge is 2.08. The SMILES string of the molecule is Cc1ccc(SCC(=O)NNC(=O)c2ccc(COC(C)C)cc2)cc1. The molecule has 0 bridgehead atoms. The summed E-state index contributed by atoms with van der Waals surface area (Å²) in [7, 11) is 0. The van der Waals surface area contributed by atoms with Gasteiger partial charge in [0.1, 0.15) is 0 Å². The van der Waals surface area contributed by atoms with Crippen molar-refractivity contribution in [2.75, 3.05) is 5.75 Å². The van der Waals surface area contributed by atoms with Crippen molar-refractivity contribution >= 4 is 23.6 Å². The first-order valence-electron chi connectivity index (χ1n) is 8.43. The average Bonchev–Trinajstić information content (AvgIpc) is 2.64. The number of nitrogens with one attached hydrogen (secondary N) is 2. The van der Waals surface area contributed by atoms with E-state index in [1.54, 1.807) is 12.1 Å². The second-order valence-corrected chi connectivity index (χ2v) is 7.21. The second-order valence-electron chi connectivity index (χ2n) is 6.16. The number of carbonyl (C=O) groups excluding carboxylic acids is 2. The lowest BCUT2D eigenvalue weighted by atomic mass is 10.1. The topological polar surface area (TPSA) is 67.4 Å². The zero-order valence-electron chi connectivity index (χ0n) is 15.2. The van der Waals surface area contributed by atoms with E-state index in [0.29, 0.717) is 12.2 Å². The van der Waals surface area contributed by atoms with Crippen molar-refractivity contribution in [1.82, 2.24) is 10.9 Å². The van der Waals surface area contributed by atoms with Gasteiger partial charge in [0.05, 0.1) is 18.5 Å². The van der Waals surface area contributed by atoms with Crippen molar-refractivity contribution in [2.45, 2.75) is 38.4 Å². The van der Waals surface area contributed by atoms with Crippen LogP contribution in [-0.2, 0) is 16.1 Å². The minimum atomic E-state index is -0.352. The van der Waals surface area contributed by atoms with Crippen LogP contribution in [-0.4, -0.2) is 23.7 Å². The van der Waals surface area contributed by atoms with E-state index in [9.17, 15) is 9.59 Å². The first-order valence-corrected chi connectivity index (χ1v) is 9.42. The summed E-state index contributed by atoms with van der Waals surface area (Å²) in [6, 6.07) is 15.0. The van der Waals surface area contributed by atoms with Gasteiger partial charge in [-0.3, -0.25) is 20.4 Å². The highest BCUT2D eigenvalue weighted by atomic mass is 32.2. The van der Waals surface area contributed by atoms with Gasteiger partial charge in [-0.1, -0.05) is 29.8 Å². The molecule has 2 aromatic rings. The fourth-order valence-electron chi connectivity index (χ4n) is 2.03. The zero-order chi connectivity index (χ0) is 18.9. The highest BCUT2D eigenvalue weighted by Crippen LogP contribution is 2.17. The van der Waals surface area contributed by atoms with Crippen LogP contribution in [0.5, 0.6) is 0 Å². The normalized spacial score (nSPS) is 10.6. The van der Waals surface area contributed by atoms with Crippen molar-refractivity contribution in [3.05, 3.63) is 65.2 Å². The monoisotopic (exact) mass is 372 g/mol. The minimum Gasteiger partial charge on any atom is -0.374 e. The fourth-order valence-corrected chi connectivity index (χ4v) is 2.73. The number of hydrazine groups is 1. The molecule has 6 heteroatoms. The third-order valence-corrected chi connectivity index (χ3v) is 4.52. The molecule has 5 nitrogen and oxygen atoms in total.